The molecule has 2 aliphatic heterocycles. The Labute approximate surface area is 67.3 Å². The quantitative estimate of drug-likeness (QED) is 0.548. The molecule has 0 aromatic heterocycles. The van der Waals surface area contributed by atoms with Crippen molar-refractivity contribution in [2.45, 2.75) is 18.9 Å². The second-order valence-corrected chi connectivity index (χ2v) is 3.64. The van der Waals surface area contributed by atoms with Gasteiger partial charge in [0.15, 0.2) is 0 Å². The first-order chi connectivity index (χ1) is 5.37. The summed E-state index contributed by atoms with van der Waals surface area (Å²) in [4.78, 5) is 0. The Bertz CT molecular complexity index is 141. The second kappa shape index (κ2) is 2.73. The molecule has 0 saturated carbocycles. The second-order valence-electron chi connectivity index (χ2n) is 3.64. The van der Waals surface area contributed by atoms with Crippen LogP contribution in [0.25, 0.3) is 0 Å². The summed E-state index contributed by atoms with van der Waals surface area (Å²) in [6.07, 6.45) is 2.39. The van der Waals surface area contributed by atoms with Gasteiger partial charge in [0.05, 0.1) is 0 Å². The van der Waals surface area contributed by atoms with Crippen molar-refractivity contribution in [1.29, 1.82) is 0 Å². The highest BCUT2D eigenvalue weighted by atomic mass is 16.5. The van der Waals surface area contributed by atoms with Crippen LogP contribution in [0.2, 0.25) is 0 Å². The van der Waals surface area contributed by atoms with Crippen LogP contribution in [-0.4, -0.2) is 32.3 Å². The number of hydrogen-bond acceptors (Lipinski definition) is 3. The molecule has 3 heteroatoms. The molecule has 11 heavy (non-hydrogen) atoms. The van der Waals surface area contributed by atoms with Crippen LogP contribution in [0, 0.1) is 5.41 Å². The molecule has 2 fully saturated rings. The molecule has 0 radical (unpaired) electrons. The van der Waals surface area contributed by atoms with Crippen LogP contribution in [0.1, 0.15) is 12.8 Å². The molecule has 1 unspecified atom stereocenters. The maximum atomic E-state index is 5.64. The molecule has 64 valence electrons. The van der Waals surface area contributed by atoms with Crippen molar-refractivity contribution in [2.24, 2.45) is 11.1 Å². The summed E-state index contributed by atoms with van der Waals surface area (Å²) in [7, 11) is 0. The topological polar surface area (TPSA) is 47.3 Å². The molecule has 2 aliphatic rings. The lowest BCUT2D eigenvalue weighted by Gasteiger charge is -2.52. The van der Waals surface area contributed by atoms with Gasteiger partial charge in [-0.3, -0.25) is 0 Å². The van der Waals surface area contributed by atoms with Gasteiger partial charge in [-0.25, -0.2) is 0 Å². The van der Waals surface area contributed by atoms with Gasteiger partial charge in [0.25, 0.3) is 0 Å². The molecule has 0 aliphatic carbocycles. The van der Waals surface area contributed by atoms with Crippen LogP contribution in [-0.2, 0) is 4.74 Å². The zero-order chi connectivity index (χ0) is 7.73. The third-order valence-corrected chi connectivity index (χ3v) is 3.16. The zero-order valence-corrected chi connectivity index (χ0v) is 6.81. The van der Waals surface area contributed by atoms with Crippen molar-refractivity contribution in [1.82, 2.24) is 5.32 Å². The van der Waals surface area contributed by atoms with E-state index in [9.17, 15) is 0 Å². The molecular formula is C8H16N2O. The number of hydrogen-bond donors (Lipinski definition) is 2. The molecule has 0 amide bonds. The molecule has 2 rings (SSSR count). The summed E-state index contributed by atoms with van der Waals surface area (Å²) in [6, 6.07) is 0.561. The largest absolute Gasteiger partial charge is 0.381 e. The first-order valence-electron chi connectivity index (χ1n) is 4.39. The summed E-state index contributed by atoms with van der Waals surface area (Å²) < 4.78 is 5.32. The lowest BCUT2D eigenvalue weighted by molar-refractivity contribution is -0.0437. The van der Waals surface area contributed by atoms with E-state index in [1.165, 1.54) is 12.8 Å². The normalized spacial score (nSPS) is 35.2. The van der Waals surface area contributed by atoms with E-state index in [0.29, 0.717) is 11.5 Å². The van der Waals surface area contributed by atoms with Crippen LogP contribution in [0.15, 0.2) is 0 Å². The van der Waals surface area contributed by atoms with Crippen LogP contribution in [0.5, 0.6) is 0 Å². The average Bonchev–Trinajstić information content (AvgIpc) is 2.05. The monoisotopic (exact) mass is 156 g/mol. The predicted octanol–water partition coefficient (Wildman–Crippen LogP) is -0.286. The fourth-order valence-electron chi connectivity index (χ4n) is 2.17. The lowest BCUT2D eigenvalue weighted by atomic mass is 9.68. The van der Waals surface area contributed by atoms with Crippen LogP contribution >= 0.6 is 0 Å². The fourth-order valence-corrected chi connectivity index (χ4v) is 2.17. The molecule has 0 aromatic rings. The molecule has 1 spiro atoms. The summed E-state index contributed by atoms with van der Waals surface area (Å²) in [5.41, 5.74) is 6.14. The Morgan fingerprint density at radius 1 is 1.45 bits per heavy atom. The molecule has 0 bridgehead atoms. The van der Waals surface area contributed by atoms with Crippen molar-refractivity contribution in [3.8, 4) is 0 Å². The van der Waals surface area contributed by atoms with Crippen LogP contribution < -0.4 is 11.1 Å². The third-order valence-electron chi connectivity index (χ3n) is 3.16. The van der Waals surface area contributed by atoms with Gasteiger partial charge in [-0.1, -0.05) is 0 Å². The minimum absolute atomic E-state index is 0.507. The highest BCUT2D eigenvalue weighted by Gasteiger charge is 2.46. The Morgan fingerprint density at radius 2 is 2.18 bits per heavy atom. The van der Waals surface area contributed by atoms with Gasteiger partial charge in [-0.2, -0.15) is 0 Å². The van der Waals surface area contributed by atoms with E-state index in [1.54, 1.807) is 0 Å². The Morgan fingerprint density at radius 3 is 2.64 bits per heavy atom. The predicted molar refractivity (Wildman–Crippen MR) is 43.3 cm³/mol. The fraction of sp³-hybridized carbons (Fsp3) is 1.00. The number of nitrogens with two attached hydrogens (primary N) is 1. The van der Waals surface area contributed by atoms with Gasteiger partial charge in [0.1, 0.15) is 0 Å². The van der Waals surface area contributed by atoms with E-state index < -0.39 is 0 Å². The van der Waals surface area contributed by atoms with Gasteiger partial charge >= 0.3 is 0 Å². The summed E-state index contributed by atoms with van der Waals surface area (Å²) >= 11 is 0. The minimum Gasteiger partial charge on any atom is -0.381 e. The maximum absolute atomic E-state index is 5.64. The molecule has 3 N–H and O–H groups in total. The standard InChI is InChI=1S/C8H16N2O/c9-5-7-8(6-10-7)1-3-11-4-2-8/h7,10H,1-6,9H2. The first-order valence-corrected chi connectivity index (χ1v) is 4.39. The summed E-state index contributed by atoms with van der Waals surface area (Å²) in [5, 5.41) is 3.38. The van der Waals surface area contributed by atoms with Crippen LogP contribution in [0.3, 0.4) is 0 Å². The zero-order valence-electron chi connectivity index (χ0n) is 6.81. The van der Waals surface area contributed by atoms with Crippen LogP contribution in [0.4, 0.5) is 0 Å². The highest BCUT2D eigenvalue weighted by molar-refractivity contribution is 5.03. The van der Waals surface area contributed by atoms with Gasteiger partial charge in [0, 0.05) is 37.8 Å². The average molecular weight is 156 g/mol. The Kier molecular flexibility index (Phi) is 1.87. The van der Waals surface area contributed by atoms with E-state index in [0.717, 1.165) is 26.3 Å². The van der Waals surface area contributed by atoms with E-state index in [2.05, 4.69) is 5.32 Å². The van der Waals surface area contributed by atoms with Crippen molar-refractivity contribution in [3.05, 3.63) is 0 Å². The number of ether oxygens (including phenoxy) is 1. The van der Waals surface area contributed by atoms with Crippen molar-refractivity contribution in [3.63, 3.8) is 0 Å². The smallest absolute Gasteiger partial charge is 0.0472 e. The first kappa shape index (κ1) is 7.53. The highest BCUT2D eigenvalue weighted by Crippen LogP contribution is 2.38. The molecule has 3 nitrogen and oxygen atoms in total. The number of nitrogens with one attached hydrogen (secondary N) is 1. The minimum atomic E-state index is 0.507. The SMILES string of the molecule is NCC1NCC12CCOCC2. The Balaban J connectivity index is 1.97. The lowest BCUT2D eigenvalue weighted by Crippen LogP contribution is -2.66. The maximum Gasteiger partial charge on any atom is 0.0472 e. The molecule has 2 heterocycles. The number of rotatable bonds is 1. The van der Waals surface area contributed by atoms with E-state index >= 15 is 0 Å². The summed E-state index contributed by atoms with van der Waals surface area (Å²) in [6.45, 7) is 3.79. The van der Waals surface area contributed by atoms with E-state index in [-0.39, 0.29) is 0 Å². The molecular weight excluding hydrogens is 140 g/mol. The molecule has 2 saturated heterocycles. The third kappa shape index (κ3) is 1.08. The molecule has 1 atom stereocenters. The van der Waals surface area contributed by atoms with E-state index in [1.807, 2.05) is 0 Å². The molecule has 0 aromatic carbocycles. The Hall–Kier alpha value is -0.120. The van der Waals surface area contributed by atoms with Crippen molar-refractivity contribution in [2.75, 3.05) is 26.3 Å². The summed E-state index contributed by atoms with van der Waals surface area (Å²) in [5.74, 6) is 0. The van der Waals surface area contributed by atoms with Gasteiger partial charge in [0.2, 0.25) is 0 Å². The van der Waals surface area contributed by atoms with Gasteiger partial charge in [-0.05, 0) is 12.8 Å². The van der Waals surface area contributed by atoms with E-state index in [4.69, 9.17) is 10.5 Å². The van der Waals surface area contributed by atoms with Gasteiger partial charge < -0.3 is 15.8 Å². The van der Waals surface area contributed by atoms with Crippen molar-refractivity contribution < 1.29 is 4.74 Å². The van der Waals surface area contributed by atoms with Crippen molar-refractivity contribution >= 4 is 0 Å². The van der Waals surface area contributed by atoms with Gasteiger partial charge in [-0.15, -0.1) is 0 Å².